The summed E-state index contributed by atoms with van der Waals surface area (Å²) < 4.78 is 21.6. The van der Waals surface area contributed by atoms with Gasteiger partial charge in [-0.05, 0) is 49.7 Å². The van der Waals surface area contributed by atoms with Crippen molar-refractivity contribution >= 4 is 11.6 Å². The van der Waals surface area contributed by atoms with Gasteiger partial charge in [0, 0.05) is 5.56 Å². The van der Waals surface area contributed by atoms with Gasteiger partial charge in [-0.15, -0.1) is 0 Å². The number of nitrogens with zero attached hydrogens (tertiary/aromatic N) is 4. The van der Waals surface area contributed by atoms with Crippen LogP contribution in [0, 0.1) is 12.7 Å². The number of fused-ring (bicyclic) bond motifs is 1. The van der Waals surface area contributed by atoms with Crippen molar-refractivity contribution in [1.82, 2.24) is 14.8 Å². The summed E-state index contributed by atoms with van der Waals surface area (Å²) in [6.45, 7) is 4.26. The SMILES string of the molecule is Cc1ccc2c(c1)N(C(=O)c1ccc(-n3cncn3)c(F)c1)C[C@H](C)O2. The van der Waals surface area contributed by atoms with E-state index < -0.39 is 5.82 Å². The number of hydrogen-bond acceptors (Lipinski definition) is 4. The number of hydrogen-bond donors (Lipinski definition) is 0. The van der Waals surface area contributed by atoms with Gasteiger partial charge in [0.1, 0.15) is 36.0 Å². The third-order valence-corrected chi connectivity index (χ3v) is 4.28. The van der Waals surface area contributed by atoms with E-state index in [-0.39, 0.29) is 23.3 Å². The van der Waals surface area contributed by atoms with Crippen molar-refractivity contribution in [1.29, 1.82) is 0 Å². The molecule has 0 aliphatic carbocycles. The Morgan fingerprint density at radius 2 is 2.08 bits per heavy atom. The zero-order chi connectivity index (χ0) is 18.3. The number of ether oxygens (including phenoxy) is 1. The van der Waals surface area contributed by atoms with Crippen molar-refractivity contribution in [2.45, 2.75) is 20.0 Å². The maximum Gasteiger partial charge on any atom is 0.258 e. The molecule has 1 aliphatic rings. The van der Waals surface area contributed by atoms with E-state index in [0.717, 1.165) is 5.56 Å². The van der Waals surface area contributed by atoms with Gasteiger partial charge in [-0.1, -0.05) is 6.07 Å². The van der Waals surface area contributed by atoms with Crippen molar-refractivity contribution < 1.29 is 13.9 Å². The Kier molecular flexibility index (Phi) is 3.91. The topological polar surface area (TPSA) is 60.2 Å². The first-order valence-electron chi connectivity index (χ1n) is 8.26. The van der Waals surface area contributed by atoms with Crippen LogP contribution in [-0.4, -0.2) is 33.3 Å². The summed E-state index contributed by atoms with van der Waals surface area (Å²) in [6, 6.07) is 10.0. The van der Waals surface area contributed by atoms with Gasteiger partial charge in [-0.25, -0.2) is 14.1 Å². The molecule has 1 atom stereocenters. The molecule has 132 valence electrons. The van der Waals surface area contributed by atoms with Crippen molar-refractivity contribution in [2.75, 3.05) is 11.4 Å². The van der Waals surface area contributed by atoms with Crippen molar-refractivity contribution in [3.05, 3.63) is 66.0 Å². The number of aryl methyl sites for hydroxylation is 1. The normalized spacial score (nSPS) is 16.1. The van der Waals surface area contributed by atoms with Gasteiger partial charge in [0.05, 0.1) is 12.2 Å². The predicted molar refractivity (Wildman–Crippen MR) is 94.3 cm³/mol. The molecule has 2 heterocycles. The summed E-state index contributed by atoms with van der Waals surface area (Å²) in [5.74, 6) is -0.148. The molecule has 1 aromatic heterocycles. The number of carbonyl (C=O) groups is 1. The lowest BCUT2D eigenvalue weighted by Gasteiger charge is -2.33. The molecule has 0 spiro atoms. The van der Waals surface area contributed by atoms with Gasteiger partial charge in [0.2, 0.25) is 0 Å². The van der Waals surface area contributed by atoms with Gasteiger partial charge in [0.15, 0.2) is 0 Å². The molecule has 0 N–H and O–H groups in total. The Bertz CT molecular complexity index is 972. The molecule has 7 heteroatoms. The Balaban J connectivity index is 1.70. The van der Waals surface area contributed by atoms with Crippen LogP contribution >= 0.6 is 0 Å². The molecule has 3 aromatic rings. The summed E-state index contributed by atoms with van der Waals surface area (Å²) in [5, 5.41) is 3.91. The molecular formula is C19H17FN4O2. The average molecular weight is 352 g/mol. The molecule has 1 aliphatic heterocycles. The van der Waals surface area contributed by atoms with Crippen LogP contribution in [0.4, 0.5) is 10.1 Å². The predicted octanol–water partition coefficient (Wildman–Crippen LogP) is 3.14. The van der Waals surface area contributed by atoms with E-state index in [4.69, 9.17) is 4.74 Å². The molecule has 0 saturated carbocycles. The minimum Gasteiger partial charge on any atom is -0.487 e. The Morgan fingerprint density at radius 1 is 1.23 bits per heavy atom. The van der Waals surface area contributed by atoms with E-state index in [0.29, 0.717) is 18.0 Å². The minimum absolute atomic E-state index is 0.145. The number of aromatic nitrogens is 3. The number of amides is 1. The number of anilines is 1. The highest BCUT2D eigenvalue weighted by atomic mass is 19.1. The number of halogens is 1. The molecule has 2 aromatic carbocycles. The first kappa shape index (κ1) is 16.3. The van der Waals surface area contributed by atoms with Crippen LogP contribution < -0.4 is 9.64 Å². The first-order chi connectivity index (χ1) is 12.5. The van der Waals surface area contributed by atoms with E-state index in [9.17, 15) is 9.18 Å². The van der Waals surface area contributed by atoms with E-state index in [1.54, 1.807) is 11.0 Å². The number of rotatable bonds is 2. The van der Waals surface area contributed by atoms with Crippen LogP contribution in [0.15, 0.2) is 49.1 Å². The van der Waals surface area contributed by atoms with Crippen molar-refractivity contribution in [3.63, 3.8) is 0 Å². The van der Waals surface area contributed by atoms with Gasteiger partial charge in [-0.3, -0.25) is 4.79 Å². The Hall–Kier alpha value is -3.22. The largest absolute Gasteiger partial charge is 0.487 e. The first-order valence-corrected chi connectivity index (χ1v) is 8.26. The fraction of sp³-hybridized carbons (Fsp3) is 0.211. The summed E-state index contributed by atoms with van der Waals surface area (Å²) in [7, 11) is 0. The van der Waals surface area contributed by atoms with Gasteiger partial charge in [0.25, 0.3) is 5.91 Å². The highest BCUT2D eigenvalue weighted by Gasteiger charge is 2.29. The van der Waals surface area contributed by atoms with Crippen LogP contribution in [0.1, 0.15) is 22.8 Å². The van der Waals surface area contributed by atoms with E-state index >= 15 is 0 Å². The second-order valence-corrected chi connectivity index (χ2v) is 6.32. The lowest BCUT2D eigenvalue weighted by molar-refractivity contribution is 0.0960. The molecular weight excluding hydrogens is 335 g/mol. The summed E-state index contributed by atoms with van der Waals surface area (Å²) in [4.78, 5) is 18.5. The van der Waals surface area contributed by atoms with Gasteiger partial charge < -0.3 is 9.64 Å². The lowest BCUT2D eigenvalue weighted by atomic mass is 10.1. The van der Waals surface area contributed by atoms with Crippen LogP contribution in [0.2, 0.25) is 0 Å². The Labute approximate surface area is 149 Å². The van der Waals surface area contributed by atoms with Gasteiger partial charge in [-0.2, -0.15) is 5.10 Å². The maximum atomic E-state index is 14.5. The lowest BCUT2D eigenvalue weighted by Crippen LogP contribution is -2.42. The fourth-order valence-corrected chi connectivity index (χ4v) is 3.05. The summed E-state index contributed by atoms with van der Waals surface area (Å²) in [6.07, 6.45) is 2.59. The van der Waals surface area contributed by atoms with E-state index in [1.165, 1.54) is 29.5 Å². The van der Waals surface area contributed by atoms with Crippen LogP contribution in [0.5, 0.6) is 5.75 Å². The molecule has 0 unspecified atom stereocenters. The highest BCUT2D eigenvalue weighted by molar-refractivity contribution is 6.07. The van der Waals surface area contributed by atoms with Crippen LogP contribution in [0.25, 0.3) is 5.69 Å². The zero-order valence-corrected chi connectivity index (χ0v) is 14.4. The number of benzene rings is 2. The molecule has 0 fully saturated rings. The third kappa shape index (κ3) is 2.81. The van der Waals surface area contributed by atoms with Crippen LogP contribution in [-0.2, 0) is 0 Å². The van der Waals surface area contributed by atoms with Crippen molar-refractivity contribution in [3.8, 4) is 11.4 Å². The average Bonchev–Trinajstić information content (AvgIpc) is 3.15. The minimum atomic E-state index is -0.535. The fourth-order valence-electron chi connectivity index (χ4n) is 3.05. The van der Waals surface area contributed by atoms with E-state index in [2.05, 4.69) is 10.1 Å². The maximum absolute atomic E-state index is 14.5. The molecule has 1 amide bonds. The summed E-state index contributed by atoms with van der Waals surface area (Å²) >= 11 is 0. The quantitative estimate of drug-likeness (QED) is 0.711. The van der Waals surface area contributed by atoms with Gasteiger partial charge >= 0.3 is 0 Å². The highest BCUT2D eigenvalue weighted by Crippen LogP contribution is 2.35. The second kappa shape index (κ2) is 6.25. The smallest absolute Gasteiger partial charge is 0.258 e. The van der Waals surface area contributed by atoms with Crippen molar-refractivity contribution in [2.24, 2.45) is 0 Å². The molecule has 0 bridgehead atoms. The second-order valence-electron chi connectivity index (χ2n) is 6.32. The van der Waals surface area contributed by atoms with E-state index in [1.807, 2.05) is 32.0 Å². The number of carbonyl (C=O) groups excluding carboxylic acids is 1. The zero-order valence-electron chi connectivity index (χ0n) is 14.4. The summed E-state index contributed by atoms with van der Waals surface area (Å²) in [5.41, 5.74) is 2.24. The molecule has 4 rings (SSSR count). The molecule has 6 nitrogen and oxygen atoms in total. The monoisotopic (exact) mass is 352 g/mol. The standard InChI is InChI=1S/C19H17FN4O2/c1-12-3-6-18-17(7-12)23(9-13(2)26-18)19(25)14-4-5-16(15(20)8-14)24-11-21-10-22-24/h3-8,10-11,13H,9H2,1-2H3/t13-/m0/s1. The molecule has 0 saturated heterocycles. The molecule has 26 heavy (non-hydrogen) atoms. The Morgan fingerprint density at radius 3 is 2.81 bits per heavy atom. The molecule has 0 radical (unpaired) electrons. The third-order valence-electron chi connectivity index (χ3n) is 4.28. The van der Waals surface area contributed by atoms with Crippen LogP contribution in [0.3, 0.4) is 0 Å².